The van der Waals surface area contributed by atoms with Gasteiger partial charge in [-0.25, -0.2) is 9.80 Å². The average molecular weight is 420 g/mol. The molecule has 0 spiro atoms. The molecule has 0 aromatic heterocycles. The van der Waals surface area contributed by atoms with E-state index < -0.39 is 29.2 Å². The lowest BCUT2D eigenvalue weighted by Gasteiger charge is -2.30. The Morgan fingerprint density at radius 1 is 1.21 bits per heavy atom. The highest BCUT2D eigenvalue weighted by Crippen LogP contribution is 2.25. The Morgan fingerprint density at radius 3 is 2.59 bits per heavy atom. The van der Waals surface area contributed by atoms with E-state index in [1.54, 1.807) is 5.01 Å². The lowest BCUT2D eigenvalue weighted by atomic mass is 10.1. The van der Waals surface area contributed by atoms with E-state index in [2.05, 4.69) is 5.32 Å². The van der Waals surface area contributed by atoms with Gasteiger partial charge in [0.05, 0.1) is 5.25 Å². The molecule has 9 heteroatoms. The first-order valence-electron chi connectivity index (χ1n) is 9.69. The van der Waals surface area contributed by atoms with Crippen molar-refractivity contribution in [1.82, 2.24) is 15.3 Å². The van der Waals surface area contributed by atoms with E-state index in [1.807, 2.05) is 30.3 Å². The van der Waals surface area contributed by atoms with Gasteiger partial charge in [-0.1, -0.05) is 42.1 Å². The highest BCUT2D eigenvalue weighted by molar-refractivity contribution is 8.14. The number of thioether (sulfide) groups is 1. The average Bonchev–Trinajstić information content (AvgIpc) is 3.04. The van der Waals surface area contributed by atoms with Crippen LogP contribution in [0.5, 0.6) is 0 Å². The van der Waals surface area contributed by atoms with Crippen molar-refractivity contribution in [1.29, 1.82) is 0 Å². The molecule has 29 heavy (non-hydrogen) atoms. The van der Waals surface area contributed by atoms with E-state index in [-0.39, 0.29) is 11.0 Å². The van der Waals surface area contributed by atoms with E-state index in [1.165, 1.54) is 11.9 Å². The standard InChI is InChI=1S/C20H25N3O5S/c1-13(24)29-17(12-14-6-3-2-4-7-14)18(25)21-15-8-5-10-22-11-9-16(20(27)28)23(22)19(15)26/h2-4,6-7,15-17H,5,8-12H2,1H3,(H,21,25)(H,27,28)/t15-,16-,17-/m0/s1. The van der Waals surface area contributed by atoms with Crippen molar-refractivity contribution in [2.24, 2.45) is 0 Å². The van der Waals surface area contributed by atoms with Crippen LogP contribution in [0.15, 0.2) is 30.3 Å². The van der Waals surface area contributed by atoms with Crippen molar-refractivity contribution in [3.63, 3.8) is 0 Å². The minimum absolute atomic E-state index is 0.176. The smallest absolute Gasteiger partial charge is 0.328 e. The molecule has 0 bridgehead atoms. The molecule has 2 aliphatic heterocycles. The van der Waals surface area contributed by atoms with Gasteiger partial charge in [-0.3, -0.25) is 19.4 Å². The normalized spacial score (nSPS) is 23.2. The Kier molecular flexibility index (Phi) is 6.92. The van der Waals surface area contributed by atoms with E-state index in [0.29, 0.717) is 38.8 Å². The highest BCUT2D eigenvalue weighted by Gasteiger charge is 2.44. The Bertz CT molecular complexity index is 788. The maximum atomic E-state index is 13.0. The molecule has 0 radical (unpaired) electrons. The zero-order valence-electron chi connectivity index (χ0n) is 16.2. The van der Waals surface area contributed by atoms with E-state index in [4.69, 9.17) is 0 Å². The molecule has 2 aliphatic rings. The maximum Gasteiger partial charge on any atom is 0.328 e. The summed E-state index contributed by atoms with van der Waals surface area (Å²) < 4.78 is 0. The number of rotatable bonds is 6. The molecule has 2 N–H and O–H groups in total. The topological polar surface area (TPSA) is 107 Å². The number of nitrogens with zero attached hydrogens (tertiary/aromatic N) is 2. The van der Waals surface area contributed by atoms with Gasteiger partial charge in [0.15, 0.2) is 5.12 Å². The Balaban J connectivity index is 1.73. The zero-order valence-corrected chi connectivity index (χ0v) is 17.1. The van der Waals surface area contributed by atoms with Gasteiger partial charge in [-0.05, 0) is 31.2 Å². The largest absolute Gasteiger partial charge is 0.480 e. The van der Waals surface area contributed by atoms with Crippen LogP contribution in [0, 0.1) is 0 Å². The van der Waals surface area contributed by atoms with Crippen molar-refractivity contribution in [2.45, 2.75) is 49.9 Å². The Labute approximate surface area is 173 Å². The lowest BCUT2D eigenvalue weighted by molar-refractivity contribution is -0.160. The van der Waals surface area contributed by atoms with Crippen LogP contribution in [0.25, 0.3) is 0 Å². The first kappa shape index (κ1) is 21.3. The van der Waals surface area contributed by atoms with Crippen molar-refractivity contribution in [2.75, 3.05) is 13.1 Å². The molecule has 3 rings (SSSR count). The SMILES string of the molecule is CC(=O)S[C@@H](Cc1ccccc1)C(=O)N[C@H]1CCCN2CC[C@@H](C(=O)O)N2C1=O. The van der Waals surface area contributed by atoms with Gasteiger partial charge in [0.1, 0.15) is 12.1 Å². The third-order valence-electron chi connectivity index (χ3n) is 5.16. The molecular weight excluding hydrogens is 394 g/mol. The van der Waals surface area contributed by atoms with Crippen molar-refractivity contribution >= 4 is 34.7 Å². The number of hydrogen-bond acceptors (Lipinski definition) is 6. The number of fused-ring (bicyclic) bond motifs is 1. The van der Waals surface area contributed by atoms with E-state index in [0.717, 1.165) is 17.3 Å². The second kappa shape index (κ2) is 9.41. The van der Waals surface area contributed by atoms with Gasteiger partial charge in [-0.15, -0.1) is 0 Å². The summed E-state index contributed by atoms with van der Waals surface area (Å²) >= 11 is 0.942. The maximum absolute atomic E-state index is 13.0. The van der Waals surface area contributed by atoms with Crippen LogP contribution in [-0.4, -0.2) is 68.4 Å². The highest BCUT2D eigenvalue weighted by atomic mass is 32.2. The molecule has 2 heterocycles. The van der Waals surface area contributed by atoms with Crippen LogP contribution < -0.4 is 5.32 Å². The summed E-state index contributed by atoms with van der Waals surface area (Å²) in [5, 5.41) is 14.4. The quantitative estimate of drug-likeness (QED) is 0.710. The van der Waals surface area contributed by atoms with Gasteiger partial charge >= 0.3 is 5.97 Å². The van der Waals surface area contributed by atoms with Crippen LogP contribution in [0.4, 0.5) is 0 Å². The first-order valence-corrected chi connectivity index (χ1v) is 10.6. The number of hydrazine groups is 1. The molecular formula is C20H25N3O5S. The number of carboxylic acids is 1. The summed E-state index contributed by atoms with van der Waals surface area (Å²) in [6.45, 7) is 2.50. The molecule has 2 fully saturated rings. The fourth-order valence-corrected chi connectivity index (χ4v) is 4.67. The summed E-state index contributed by atoms with van der Waals surface area (Å²) in [5.41, 5.74) is 0.922. The number of benzene rings is 1. The van der Waals surface area contributed by atoms with Crippen LogP contribution in [0.3, 0.4) is 0 Å². The number of aliphatic carboxylic acids is 1. The molecule has 1 aromatic rings. The molecule has 0 aliphatic carbocycles. The summed E-state index contributed by atoms with van der Waals surface area (Å²) in [4.78, 5) is 49.1. The molecule has 8 nitrogen and oxygen atoms in total. The predicted molar refractivity (Wildman–Crippen MR) is 108 cm³/mol. The lowest BCUT2D eigenvalue weighted by Crippen LogP contribution is -2.55. The second-order valence-corrected chi connectivity index (χ2v) is 8.65. The van der Waals surface area contributed by atoms with Crippen LogP contribution in [0.1, 0.15) is 31.7 Å². The number of amides is 2. The van der Waals surface area contributed by atoms with Gasteiger partial charge in [0.25, 0.3) is 5.91 Å². The predicted octanol–water partition coefficient (Wildman–Crippen LogP) is 1.06. The van der Waals surface area contributed by atoms with Crippen molar-refractivity contribution in [3.05, 3.63) is 35.9 Å². The van der Waals surface area contributed by atoms with Gasteiger partial charge in [-0.2, -0.15) is 0 Å². The zero-order chi connectivity index (χ0) is 21.0. The third-order valence-corrected chi connectivity index (χ3v) is 6.16. The Hall–Kier alpha value is -2.39. The molecule has 2 saturated heterocycles. The summed E-state index contributed by atoms with van der Waals surface area (Å²) in [7, 11) is 0. The third kappa shape index (κ3) is 5.16. The summed E-state index contributed by atoms with van der Waals surface area (Å²) in [6, 6.07) is 7.69. The summed E-state index contributed by atoms with van der Waals surface area (Å²) in [6.07, 6.45) is 1.85. The number of carboxylic acid groups (broad SMARTS) is 1. The van der Waals surface area contributed by atoms with Crippen molar-refractivity contribution in [3.8, 4) is 0 Å². The number of nitrogens with one attached hydrogen (secondary N) is 1. The van der Waals surface area contributed by atoms with E-state index >= 15 is 0 Å². The first-order chi connectivity index (χ1) is 13.9. The minimum atomic E-state index is -1.04. The number of carbonyl (C=O) groups excluding carboxylic acids is 3. The van der Waals surface area contributed by atoms with Gasteiger partial charge in [0, 0.05) is 20.0 Å². The monoisotopic (exact) mass is 419 g/mol. The molecule has 0 saturated carbocycles. The Morgan fingerprint density at radius 2 is 1.93 bits per heavy atom. The van der Waals surface area contributed by atoms with Crippen LogP contribution in [0.2, 0.25) is 0 Å². The number of carbonyl (C=O) groups is 4. The van der Waals surface area contributed by atoms with Gasteiger partial charge < -0.3 is 10.4 Å². The van der Waals surface area contributed by atoms with Crippen molar-refractivity contribution < 1.29 is 24.3 Å². The fraction of sp³-hybridized carbons (Fsp3) is 0.500. The number of hydrogen-bond donors (Lipinski definition) is 2. The molecule has 3 atom stereocenters. The molecule has 156 valence electrons. The minimum Gasteiger partial charge on any atom is -0.480 e. The van der Waals surface area contributed by atoms with Crippen LogP contribution in [-0.2, 0) is 25.6 Å². The van der Waals surface area contributed by atoms with Gasteiger partial charge in [0.2, 0.25) is 5.91 Å². The molecule has 1 aromatic carbocycles. The fourth-order valence-electron chi connectivity index (χ4n) is 3.82. The molecule has 0 unspecified atom stereocenters. The van der Waals surface area contributed by atoms with E-state index in [9.17, 15) is 24.3 Å². The van der Waals surface area contributed by atoms with Crippen LogP contribution >= 0.6 is 11.8 Å². The molecule has 2 amide bonds. The summed E-state index contributed by atoms with van der Waals surface area (Å²) in [5.74, 6) is -1.82. The second-order valence-electron chi connectivity index (χ2n) is 7.27.